The highest BCUT2D eigenvalue weighted by molar-refractivity contribution is 6.35. The van der Waals surface area contributed by atoms with E-state index in [4.69, 9.17) is 32.7 Å². The molecule has 2 aromatic rings. The summed E-state index contributed by atoms with van der Waals surface area (Å²) in [6.45, 7) is 2.90. The van der Waals surface area contributed by atoms with Gasteiger partial charge in [-0.25, -0.2) is 0 Å². The zero-order chi connectivity index (χ0) is 17.7. The second kappa shape index (κ2) is 8.04. The van der Waals surface area contributed by atoms with Gasteiger partial charge in [0, 0.05) is 23.7 Å². The fourth-order valence-electron chi connectivity index (χ4n) is 1.86. The smallest absolute Gasteiger partial charge is 0.308 e. The molecule has 1 atom stereocenters. The van der Waals surface area contributed by atoms with Gasteiger partial charge in [0.1, 0.15) is 11.5 Å². The summed E-state index contributed by atoms with van der Waals surface area (Å²) >= 11 is 11.8. The molecule has 126 valence electrons. The molecule has 2 aromatic carbocycles. The monoisotopic (exact) mass is 367 g/mol. The third-order valence-corrected chi connectivity index (χ3v) is 3.46. The Kier molecular flexibility index (Phi) is 6.06. The SMILES string of the molecule is CC(=O)Oc1cccc(NC(=O)C(C)Oc2ccc(Cl)cc2Cl)c1. The predicted octanol–water partition coefficient (Wildman–Crippen LogP) is 4.32. The van der Waals surface area contributed by atoms with Crippen molar-refractivity contribution in [3.63, 3.8) is 0 Å². The lowest BCUT2D eigenvalue weighted by Crippen LogP contribution is -2.30. The number of hydrogen-bond acceptors (Lipinski definition) is 4. The summed E-state index contributed by atoms with van der Waals surface area (Å²) in [7, 11) is 0. The first-order valence-corrected chi connectivity index (χ1v) is 7.82. The van der Waals surface area contributed by atoms with Gasteiger partial charge in [-0.15, -0.1) is 0 Å². The topological polar surface area (TPSA) is 64.6 Å². The van der Waals surface area contributed by atoms with E-state index in [-0.39, 0.29) is 5.91 Å². The van der Waals surface area contributed by atoms with Crippen LogP contribution in [0.15, 0.2) is 42.5 Å². The molecule has 0 aliphatic rings. The maximum atomic E-state index is 12.2. The van der Waals surface area contributed by atoms with E-state index in [2.05, 4.69) is 5.32 Å². The molecular formula is C17H15Cl2NO4. The second-order valence-corrected chi connectivity index (χ2v) is 5.79. The summed E-state index contributed by atoms with van der Waals surface area (Å²) in [5.74, 6) is -0.111. The van der Waals surface area contributed by atoms with Gasteiger partial charge in [0.05, 0.1) is 5.02 Å². The molecule has 0 aliphatic carbocycles. The summed E-state index contributed by atoms with van der Waals surface area (Å²) in [6, 6.07) is 11.2. The van der Waals surface area contributed by atoms with Crippen LogP contribution in [-0.4, -0.2) is 18.0 Å². The number of hydrogen-bond donors (Lipinski definition) is 1. The van der Waals surface area contributed by atoms with E-state index in [1.165, 1.54) is 13.0 Å². The van der Waals surface area contributed by atoms with Crippen LogP contribution in [0.1, 0.15) is 13.8 Å². The van der Waals surface area contributed by atoms with Crippen molar-refractivity contribution in [2.24, 2.45) is 0 Å². The standard InChI is InChI=1S/C17H15Cl2NO4/c1-10(23-16-7-6-12(18)8-15(16)19)17(22)20-13-4-3-5-14(9-13)24-11(2)21/h3-10H,1-2H3,(H,20,22). The summed E-state index contributed by atoms with van der Waals surface area (Å²) < 4.78 is 10.5. The highest BCUT2D eigenvalue weighted by Gasteiger charge is 2.17. The lowest BCUT2D eigenvalue weighted by atomic mass is 10.2. The normalized spacial score (nSPS) is 11.5. The Hall–Kier alpha value is -2.24. The minimum Gasteiger partial charge on any atom is -0.479 e. The van der Waals surface area contributed by atoms with Gasteiger partial charge < -0.3 is 14.8 Å². The van der Waals surface area contributed by atoms with E-state index in [1.807, 2.05) is 0 Å². The van der Waals surface area contributed by atoms with Crippen LogP contribution >= 0.6 is 23.2 Å². The van der Waals surface area contributed by atoms with Gasteiger partial charge in [-0.1, -0.05) is 29.3 Å². The molecule has 0 saturated heterocycles. The molecule has 24 heavy (non-hydrogen) atoms. The molecule has 0 saturated carbocycles. The van der Waals surface area contributed by atoms with Crippen molar-refractivity contribution in [2.45, 2.75) is 20.0 Å². The van der Waals surface area contributed by atoms with Crippen LogP contribution in [-0.2, 0) is 9.59 Å². The van der Waals surface area contributed by atoms with Crippen molar-refractivity contribution in [1.29, 1.82) is 0 Å². The van der Waals surface area contributed by atoms with Crippen LogP contribution in [0.4, 0.5) is 5.69 Å². The Morgan fingerprint density at radius 3 is 2.54 bits per heavy atom. The number of carbonyl (C=O) groups excluding carboxylic acids is 2. The lowest BCUT2D eigenvalue weighted by Gasteiger charge is -2.16. The van der Waals surface area contributed by atoms with Gasteiger partial charge in [-0.2, -0.15) is 0 Å². The highest BCUT2D eigenvalue weighted by Crippen LogP contribution is 2.28. The quantitative estimate of drug-likeness (QED) is 0.631. The summed E-state index contributed by atoms with van der Waals surface area (Å²) in [4.78, 5) is 23.2. The average molecular weight is 368 g/mol. The minimum atomic E-state index is -0.791. The second-order valence-electron chi connectivity index (χ2n) is 4.95. The molecule has 0 heterocycles. The van der Waals surface area contributed by atoms with Crippen LogP contribution in [0.5, 0.6) is 11.5 Å². The first kappa shape index (κ1) is 18.1. The van der Waals surface area contributed by atoms with Crippen molar-refractivity contribution in [3.8, 4) is 11.5 Å². The fourth-order valence-corrected chi connectivity index (χ4v) is 2.31. The first-order chi connectivity index (χ1) is 11.3. The van der Waals surface area contributed by atoms with E-state index < -0.39 is 12.1 Å². The van der Waals surface area contributed by atoms with Gasteiger partial charge in [0.25, 0.3) is 5.91 Å². The Morgan fingerprint density at radius 2 is 1.88 bits per heavy atom. The van der Waals surface area contributed by atoms with E-state index >= 15 is 0 Å². The van der Waals surface area contributed by atoms with E-state index in [1.54, 1.807) is 43.3 Å². The maximum absolute atomic E-state index is 12.2. The summed E-state index contributed by atoms with van der Waals surface area (Å²) in [6.07, 6.45) is -0.791. The van der Waals surface area contributed by atoms with E-state index in [9.17, 15) is 9.59 Å². The molecule has 2 rings (SSSR count). The van der Waals surface area contributed by atoms with Gasteiger partial charge in [-0.3, -0.25) is 9.59 Å². The Morgan fingerprint density at radius 1 is 1.12 bits per heavy atom. The van der Waals surface area contributed by atoms with Crippen LogP contribution in [0, 0.1) is 0 Å². The zero-order valence-electron chi connectivity index (χ0n) is 13.0. The molecule has 1 unspecified atom stereocenters. The van der Waals surface area contributed by atoms with Crippen LogP contribution < -0.4 is 14.8 Å². The molecule has 1 amide bonds. The number of halogens is 2. The van der Waals surface area contributed by atoms with Crippen molar-refractivity contribution < 1.29 is 19.1 Å². The Balaban J connectivity index is 2.02. The molecule has 0 spiro atoms. The number of ether oxygens (including phenoxy) is 2. The third kappa shape index (κ3) is 5.15. The van der Waals surface area contributed by atoms with E-state index in [0.717, 1.165) is 0 Å². The van der Waals surface area contributed by atoms with Crippen molar-refractivity contribution in [1.82, 2.24) is 0 Å². The maximum Gasteiger partial charge on any atom is 0.308 e. The Labute approximate surface area is 149 Å². The molecule has 0 fully saturated rings. The molecule has 0 bridgehead atoms. The molecular weight excluding hydrogens is 353 g/mol. The zero-order valence-corrected chi connectivity index (χ0v) is 14.5. The summed E-state index contributed by atoms with van der Waals surface area (Å²) in [5, 5.41) is 3.48. The van der Waals surface area contributed by atoms with Crippen molar-refractivity contribution >= 4 is 40.8 Å². The molecule has 0 radical (unpaired) electrons. The number of carbonyl (C=O) groups is 2. The van der Waals surface area contributed by atoms with Gasteiger partial charge in [0.15, 0.2) is 6.10 Å². The third-order valence-electron chi connectivity index (χ3n) is 2.93. The number of benzene rings is 2. The molecule has 7 heteroatoms. The fraction of sp³-hybridized carbons (Fsp3) is 0.176. The van der Waals surface area contributed by atoms with Gasteiger partial charge >= 0.3 is 5.97 Å². The highest BCUT2D eigenvalue weighted by atomic mass is 35.5. The molecule has 5 nitrogen and oxygen atoms in total. The predicted molar refractivity (Wildman–Crippen MR) is 92.9 cm³/mol. The Bertz CT molecular complexity index is 764. The van der Waals surface area contributed by atoms with Gasteiger partial charge in [-0.05, 0) is 37.3 Å². The van der Waals surface area contributed by atoms with E-state index in [0.29, 0.717) is 27.2 Å². The number of anilines is 1. The molecule has 1 N–H and O–H groups in total. The van der Waals surface area contributed by atoms with Gasteiger partial charge in [0.2, 0.25) is 0 Å². The number of esters is 1. The summed E-state index contributed by atoms with van der Waals surface area (Å²) in [5.41, 5.74) is 0.483. The number of nitrogens with one attached hydrogen (secondary N) is 1. The lowest BCUT2D eigenvalue weighted by molar-refractivity contribution is -0.131. The average Bonchev–Trinajstić information content (AvgIpc) is 2.49. The van der Waals surface area contributed by atoms with Crippen LogP contribution in [0.3, 0.4) is 0 Å². The van der Waals surface area contributed by atoms with Crippen LogP contribution in [0.25, 0.3) is 0 Å². The van der Waals surface area contributed by atoms with Crippen LogP contribution in [0.2, 0.25) is 10.0 Å². The minimum absolute atomic E-state index is 0.319. The first-order valence-electron chi connectivity index (χ1n) is 7.06. The number of rotatable bonds is 5. The van der Waals surface area contributed by atoms with Crippen molar-refractivity contribution in [3.05, 3.63) is 52.5 Å². The largest absolute Gasteiger partial charge is 0.479 e. The molecule has 0 aromatic heterocycles. The number of amides is 1. The molecule has 0 aliphatic heterocycles. The van der Waals surface area contributed by atoms with Crippen molar-refractivity contribution in [2.75, 3.05) is 5.32 Å².